The zero-order valence-corrected chi connectivity index (χ0v) is 14.4. The van der Waals surface area contributed by atoms with Gasteiger partial charge in [0.1, 0.15) is 5.71 Å². The van der Waals surface area contributed by atoms with Crippen LogP contribution in [0, 0.1) is 0 Å². The molecule has 4 nitrogen and oxygen atoms in total. The van der Waals surface area contributed by atoms with Gasteiger partial charge in [-0.15, -0.1) is 0 Å². The Labute approximate surface area is 148 Å². The number of hydrogen-bond donors (Lipinski definition) is 2. The maximum Gasteiger partial charge on any atom is 0.187 e. The monoisotopic (exact) mass is 338 g/mol. The van der Waals surface area contributed by atoms with Gasteiger partial charge in [0.25, 0.3) is 0 Å². The lowest BCUT2D eigenvalue weighted by molar-refractivity contribution is 0.412. The third-order valence-corrected chi connectivity index (χ3v) is 4.37. The lowest BCUT2D eigenvalue weighted by Gasteiger charge is -2.23. The largest absolute Gasteiger partial charge is 0.359 e. The van der Waals surface area contributed by atoms with Gasteiger partial charge in [0.15, 0.2) is 5.11 Å². The van der Waals surface area contributed by atoms with E-state index in [1.807, 2.05) is 48.5 Å². The number of pyridine rings is 1. The molecule has 0 aliphatic heterocycles. The minimum atomic E-state index is 0.462. The Morgan fingerprint density at radius 3 is 2.46 bits per heavy atom. The first kappa shape index (κ1) is 16.6. The number of aromatic nitrogens is 1. The number of rotatable bonds is 4. The Morgan fingerprint density at radius 2 is 1.75 bits per heavy atom. The molecule has 124 valence electrons. The number of nitrogens with zero attached hydrogens (tertiary/aromatic N) is 2. The summed E-state index contributed by atoms with van der Waals surface area (Å²) in [6, 6.07) is 16.3. The van der Waals surface area contributed by atoms with Gasteiger partial charge in [-0.05, 0) is 37.2 Å². The molecular formula is C19H22N4S. The Hall–Kier alpha value is -2.27. The number of thiocarbonyl (C=S) groups is 1. The van der Waals surface area contributed by atoms with Gasteiger partial charge in [-0.2, -0.15) is 5.10 Å². The first-order chi connectivity index (χ1) is 11.8. The number of hydrazone groups is 1. The molecule has 1 fully saturated rings. The quantitative estimate of drug-likeness (QED) is 0.508. The van der Waals surface area contributed by atoms with E-state index < -0.39 is 0 Å². The van der Waals surface area contributed by atoms with Crippen LogP contribution in [0.2, 0.25) is 0 Å². The highest BCUT2D eigenvalue weighted by Crippen LogP contribution is 2.17. The molecule has 0 radical (unpaired) electrons. The van der Waals surface area contributed by atoms with Crippen LogP contribution in [0.15, 0.2) is 59.8 Å². The van der Waals surface area contributed by atoms with Gasteiger partial charge < -0.3 is 5.32 Å². The first-order valence-electron chi connectivity index (χ1n) is 8.44. The minimum absolute atomic E-state index is 0.462. The van der Waals surface area contributed by atoms with E-state index in [4.69, 9.17) is 12.2 Å². The van der Waals surface area contributed by atoms with Gasteiger partial charge in [-0.3, -0.25) is 10.4 Å². The number of hydrogen-bond acceptors (Lipinski definition) is 3. The van der Waals surface area contributed by atoms with Crippen molar-refractivity contribution in [1.29, 1.82) is 0 Å². The van der Waals surface area contributed by atoms with Gasteiger partial charge >= 0.3 is 0 Å². The molecule has 1 aromatic carbocycles. The van der Waals surface area contributed by atoms with Crippen LogP contribution in [-0.2, 0) is 0 Å². The Balaban J connectivity index is 1.73. The summed E-state index contributed by atoms with van der Waals surface area (Å²) in [4.78, 5) is 4.41. The lowest BCUT2D eigenvalue weighted by atomic mass is 9.96. The van der Waals surface area contributed by atoms with Crippen molar-refractivity contribution in [2.24, 2.45) is 5.10 Å². The predicted octanol–water partition coefficient (Wildman–Crippen LogP) is 3.63. The molecule has 0 bridgehead atoms. The van der Waals surface area contributed by atoms with Gasteiger partial charge in [0.2, 0.25) is 0 Å². The van der Waals surface area contributed by atoms with Crippen LogP contribution in [0.25, 0.3) is 0 Å². The molecule has 2 N–H and O–H groups in total. The SMILES string of the molecule is S=C(NN=C(c1ccccc1)c1ccccn1)NC1CCCCC1. The van der Waals surface area contributed by atoms with Crippen molar-refractivity contribution < 1.29 is 0 Å². The highest BCUT2D eigenvalue weighted by molar-refractivity contribution is 7.80. The molecule has 3 rings (SSSR count). The fourth-order valence-corrected chi connectivity index (χ4v) is 3.15. The summed E-state index contributed by atoms with van der Waals surface area (Å²) >= 11 is 5.40. The van der Waals surface area contributed by atoms with Crippen molar-refractivity contribution in [1.82, 2.24) is 15.7 Å². The van der Waals surface area contributed by atoms with Crippen molar-refractivity contribution in [2.45, 2.75) is 38.1 Å². The summed E-state index contributed by atoms with van der Waals surface area (Å²) in [7, 11) is 0. The third kappa shape index (κ3) is 4.61. The van der Waals surface area contributed by atoms with Crippen LogP contribution >= 0.6 is 12.2 Å². The smallest absolute Gasteiger partial charge is 0.187 e. The molecule has 0 unspecified atom stereocenters. The fraction of sp³-hybridized carbons (Fsp3) is 0.316. The number of nitrogens with one attached hydrogen (secondary N) is 2. The molecule has 5 heteroatoms. The Morgan fingerprint density at radius 1 is 1.00 bits per heavy atom. The standard InChI is InChI=1S/C19H22N4S/c24-19(21-16-11-5-2-6-12-16)23-22-18(15-9-3-1-4-10-15)17-13-7-8-14-20-17/h1,3-4,7-10,13-14,16H,2,5-6,11-12H2,(H2,21,23,24). The zero-order chi connectivity index (χ0) is 16.6. The van der Waals surface area contributed by atoms with Crippen LogP contribution in [-0.4, -0.2) is 21.8 Å². The molecule has 1 aliphatic carbocycles. The van der Waals surface area contributed by atoms with E-state index in [0.29, 0.717) is 11.2 Å². The second-order valence-corrected chi connectivity index (χ2v) is 6.37. The third-order valence-electron chi connectivity index (χ3n) is 4.16. The second kappa shape index (κ2) is 8.55. The molecule has 0 atom stereocenters. The van der Waals surface area contributed by atoms with E-state index in [0.717, 1.165) is 17.0 Å². The van der Waals surface area contributed by atoms with E-state index >= 15 is 0 Å². The molecule has 0 saturated heterocycles. The molecular weight excluding hydrogens is 316 g/mol. The van der Waals surface area contributed by atoms with Crippen molar-refractivity contribution in [2.75, 3.05) is 0 Å². The molecule has 0 spiro atoms. The molecule has 1 saturated carbocycles. The average molecular weight is 338 g/mol. The van der Waals surface area contributed by atoms with Crippen molar-refractivity contribution in [3.63, 3.8) is 0 Å². The summed E-state index contributed by atoms with van der Waals surface area (Å²) in [6.07, 6.45) is 7.99. The van der Waals surface area contributed by atoms with E-state index in [-0.39, 0.29) is 0 Å². The van der Waals surface area contributed by atoms with Crippen LogP contribution in [0.1, 0.15) is 43.4 Å². The van der Waals surface area contributed by atoms with Crippen molar-refractivity contribution in [3.05, 3.63) is 66.0 Å². The fourth-order valence-electron chi connectivity index (χ4n) is 2.94. The summed E-state index contributed by atoms with van der Waals surface area (Å²) in [5, 5.41) is 8.48. The molecule has 1 aliphatic rings. The molecule has 24 heavy (non-hydrogen) atoms. The summed E-state index contributed by atoms with van der Waals surface area (Å²) in [5.41, 5.74) is 5.60. The predicted molar refractivity (Wildman–Crippen MR) is 102 cm³/mol. The summed E-state index contributed by atoms with van der Waals surface area (Å²) < 4.78 is 0. The van der Waals surface area contributed by atoms with Gasteiger partial charge in [-0.1, -0.05) is 55.7 Å². The summed E-state index contributed by atoms with van der Waals surface area (Å²) in [6.45, 7) is 0. The van der Waals surface area contributed by atoms with E-state index in [9.17, 15) is 0 Å². The maximum atomic E-state index is 5.40. The Bertz CT molecular complexity index is 638. The molecule has 1 heterocycles. The van der Waals surface area contributed by atoms with E-state index in [1.54, 1.807) is 6.20 Å². The second-order valence-electron chi connectivity index (χ2n) is 5.96. The molecule has 2 aromatic rings. The normalized spacial score (nSPS) is 15.8. The summed E-state index contributed by atoms with van der Waals surface area (Å²) in [5.74, 6) is 0. The van der Waals surface area contributed by atoms with Gasteiger partial charge in [0.05, 0.1) is 5.69 Å². The van der Waals surface area contributed by atoms with E-state index in [2.05, 4.69) is 20.8 Å². The van der Waals surface area contributed by atoms with Gasteiger partial charge in [-0.25, -0.2) is 0 Å². The van der Waals surface area contributed by atoms with Crippen LogP contribution < -0.4 is 10.7 Å². The molecule has 0 amide bonds. The van der Waals surface area contributed by atoms with Crippen LogP contribution in [0.4, 0.5) is 0 Å². The van der Waals surface area contributed by atoms with E-state index in [1.165, 1.54) is 32.1 Å². The average Bonchev–Trinajstić information content (AvgIpc) is 2.64. The topological polar surface area (TPSA) is 49.3 Å². The van der Waals surface area contributed by atoms with Crippen LogP contribution in [0.5, 0.6) is 0 Å². The van der Waals surface area contributed by atoms with Crippen molar-refractivity contribution in [3.8, 4) is 0 Å². The zero-order valence-electron chi connectivity index (χ0n) is 13.6. The highest BCUT2D eigenvalue weighted by atomic mass is 32.1. The highest BCUT2D eigenvalue weighted by Gasteiger charge is 2.14. The Kier molecular flexibility index (Phi) is 5.90. The molecule has 1 aromatic heterocycles. The van der Waals surface area contributed by atoms with Gasteiger partial charge in [0, 0.05) is 17.8 Å². The van der Waals surface area contributed by atoms with Crippen LogP contribution in [0.3, 0.4) is 0 Å². The maximum absolute atomic E-state index is 5.40. The first-order valence-corrected chi connectivity index (χ1v) is 8.85. The number of benzene rings is 1. The minimum Gasteiger partial charge on any atom is -0.359 e. The lowest BCUT2D eigenvalue weighted by Crippen LogP contribution is -2.41. The van der Waals surface area contributed by atoms with Crippen molar-refractivity contribution >= 4 is 23.0 Å².